The van der Waals surface area contributed by atoms with Crippen LogP contribution in [0.15, 0.2) is 32.0 Å². The number of thioether (sulfide) groups is 1. The van der Waals surface area contributed by atoms with Crippen LogP contribution in [0.2, 0.25) is 0 Å². The van der Waals surface area contributed by atoms with Gasteiger partial charge in [-0.3, -0.25) is 0 Å². The maximum atomic E-state index is 3.59. The first-order valence-corrected chi connectivity index (χ1v) is 8.89. The van der Waals surface area contributed by atoms with Crippen molar-refractivity contribution in [1.29, 1.82) is 0 Å². The third-order valence-corrected chi connectivity index (χ3v) is 5.24. The number of halogens is 2. The van der Waals surface area contributed by atoms with Crippen LogP contribution in [0.1, 0.15) is 45.4 Å². The molecule has 0 N–H and O–H groups in total. The van der Waals surface area contributed by atoms with Crippen LogP contribution in [0.3, 0.4) is 0 Å². The van der Waals surface area contributed by atoms with Gasteiger partial charge in [-0.05, 0) is 46.3 Å². The Morgan fingerprint density at radius 2 is 1.71 bits per heavy atom. The van der Waals surface area contributed by atoms with Gasteiger partial charge in [-0.25, -0.2) is 0 Å². The molecule has 0 amide bonds. The molecule has 0 fully saturated rings. The summed E-state index contributed by atoms with van der Waals surface area (Å²) in [6, 6.07) is 6.36. The molecule has 0 saturated carbocycles. The Bertz CT molecular complexity index is 326. The van der Waals surface area contributed by atoms with Gasteiger partial charge in [-0.2, -0.15) is 0 Å². The predicted octanol–water partition coefficient (Wildman–Crippen LogP) is 6.66. The van der Waals surface area contributed by atoms with Crippen molar-refractivity contribution in [2.45, 2.75) is 50.3 Å². The summed E-state index contributed by atoms with van der Waals surface area (Å²) in [5.41, 5.74) is 0. The predicted molar refractivity (Wildman–Crippen MR) is 85.9 cm³/mol. The highest BCUT2D eigenvalue weighted by molar-refractivity contribution is 9.11. The second kappa shape index (κ2) is 9.46. The summed E-state index contributed by atoms with van der Waals surface area (Å²) in [5, 5.41) is 0. The first-order chi connectivity index (χ1) is 8.24. The molecule has 0 aliphatic heterocycles. The van der Waals surface area contributed by atoms with Crippen molar-refractivity contribution < 1.29 is 0 Å². The van der Waals surface area contributed by atoms with Crippen molar-refractivity contribution in [3.63, 3.8) is 0 Å². The molecule has 0 nitrogen and oxygen atoms in total. The molecule has 1 aromatic carbocycles. The van der Waals surface area contributed by atoms with Gasteiger partial charge in [-0.1, -0.05) is 55.0 Å². The highest BCUT2D eigenvalue weighted by Crippen LogP contribution is 2.30. The smallest absolute Gasteiger partial charge is 0.0312 e. The largest absolute Gasteiger partial charge is 0.125 e. The lowest BCUT2D eigenvalue weighted by atomic mass is 10.1. The molecular formula is C14H20Br2S. The third kappa shape index (κ3) is 6.88. The zero-order valence-electron chi connectivity index (χ0n) is 10.3. The Kier molecular flexibility index (Phi) is 8.67. The van der Waals surface area contributed by atoms with Gasteiger partial charge >= 0.3 is 0 Å². The third-order valence-electron chi connectivity index (χ3n) is 2.65. The van der Waals surface area contributed by atoms with Crippen molar-refractivity contribution in [3.8, 4) is 0 Å². The van der Waals surface area contributed by atoms with Gasteiger partial charge in [0, 0.05) is 13.8 Å². The van der Waals surface area contributed by atoms with Gasteiger partial charge in [0.05, 0.1) is 0 Å². The van der Waals surface area contributed by atoms with Gasteiger partial charge in [0.1, 0.15) is 0 Å². The first-order valence-electron chi connectivity index (χ1n) is 6.32. The molecule has 0 saturated heterocycles. The number of benzene rings is 1. The van der Waals surface area contributed by atoms with Gasteiger partial charge in [0.25, 0.3) is 0 Å². The van der Waals surface area contributed by atoms with E-state index >= 15 is 0 Å². The zero-order valence-corrected chi connectivity index (χ0v) is 14.3. The second-order valence-corrected chi connectivity index (χ2v) is 7.10. The fourth-order valence-corrected chi connectivity index (χ4v) is 3.74. The van der Waals surface area contributed by atoms with Crippen LogP contribution < -0.4 is 0 Å². The number of rotatable bonds is 8. The summed E-state index contributed by atoms with van der Waals surface area (Å²) in [5.74, 6) is 1.22. The molecule has 0 unspecified atom stereocenters. The summed E-state index contributed by atoms with van der Waals surface area (Å²) >= 11 is 9.05. The molecule has 0 bridgehead atoms. The van der Waals surface area contributed by atoms with Crippen molar-refractivity contribution in [1.82, 2.24) is 0 Å². The quantitative estimate of drug-likeness (QED) is 0.359. The fraction of sp³-hybridized carbons (Fsp3) is 0.571. The van der Waals surface area contributed by atoms with Crippen molar-refractivity contribution in [3.05, 3.63) is 27.1 Å². The number of hydrogen-bond acceptors (Lipinski definition) is 1. The van der Waals surface area contributed by atoms with Gasteiger partial charge in [0.15, 0.2) is 0 Å². The standard InChI is InChI=1S/C14H20Br2S/c1-2-3-4-5-6-7-10-17-14-11-12(15)8-9-13(14)16/h8-9,11H,2-7,10H2,1H3. The van der Waals surface area contributed by atoms with Gasteiger partial charge < -0.3 is 0 Å². The average Bonchev–Trinajstić information content (AvgIpc) is 2.32. The van der Waals surface area contributed by atoms with E-state index in [1.165, 1.54) is 53.6 Å². The van der Waals surface area contributed by atoms with Crippen LogP contribution in [0.5, 0.6) is 0 Å². The molecule has 1 aromatic rings. The van der Waals surface area contributed by atoms with Gasteiger partial charge in [-0.15, -0.1) is 11.8 Å². The minimum absolute atomic E-state index is 1.16. The molecule has 0 aromatic heterocycles. The lowest BCUT2D eigenvalue weighted by Gasteiger charge is -2.05. The van der Waals surface area contributed by atoms with E-state index in [2.05, 4.69) is 57.0 Å². The van der Waals surface area contributed by atoms with E-state index in [-0.39, 0.29) is 0 Å². The highest BCUT2D eigenvalue weighted by Gasteiger charge is 2.01. The molecular weight excluding hydrogens is 360 g/mol. The average molecular weight is 380 g/mol. The van der Waals surface area contributed by atoms with Crippen molar-refractivity contribution in [2.24, 2.45) is 0 Å². The number of unbranched alkanes of at least 4 members (excludes halogenated alkanes) is 5. The molecule has 3 heteroatoms. The van der Waals surface area contributed by atoms with E-state index in [0.717, 1.165) is 4.47 Å². The van der Waals surface area contributed by atoms with Crippen LogP contribution >= 0.6 is 43.6 Å². The van der Waals surface area contributed by atoms with E-state index in [9.17, 15) is 0 Å². The van der Waals surface area contributed by atoms with E-state index in [1.54, 1.807) is 0 Å². The second-order valence-electron chi connectivity index (χ2n) is 4.19. The molecule has 96 valence electrons. The van der Waals surface area contributed by atoms with Crippen molar-refractivity contribution >= 4 is 43.6 Å². The Morgan fingerprint density at radius 1 is 1.00 bits per heavy atom. The molecule has 0 radical (unpaired) electrons. The van der Waals surface area contributed by atoms with Crippen LogP contribution in [-0.4, -0.2) is 5.75 Å². The molecule has 1 rings (SSSR count). The monoisotopic (exact) mass is 378 g/mol. The van der Waals surface area contributed by atoms with Gasteiger partial charge in [0.2, 0.25) is 0 Å². The molecule has 0 atom stereocenters. The first kappa shape index (κ1) is 15.6. The lowest BCUT2D eigenvalue weighted by molar-refractivity contribution is 0.627. The minimum Gasteiger partial charge on any atom is -0.125 e. The summed E-state index contributed by atoms with van der Waals surface area (Å²) in [4.78, 5) is 1.34. The maximum absolute atomic E-state index is 3.59. The molecule has 17 heavy (non-hydrogen) atoms. The number of hydrogen-bond donors (Lipinski definition) is 0. The summed E-state index contributed by atoms with van der Waals surface area (Å²) in [6.07, 6.45) is 8.23. The fourth-order valence-electron chi connectivity index (χ4n) is 1.65. The summed E-state index contributed by atoms with van der Waals surface area (Å²) in [7, 11) is 0. The van der Waals surface area contributed by atoms with E-state index in [1.807, 2.05) is 11.8 Å². The summed E-state index contributed by atoms with van der Waals surface area (Å²) in [6.45, 7) is 2.26. The Labute approximate surface area is 126 Å². The minimum atomic E-state index is 1.16. The molecule has 0 aliphatic carbocycles. The van der Waals surface area contributed by atoms with Crippen LogP contribution in [0, 0.1) is 0 Å². The summed E-state index contributed by atoms with van der Waals surface area (Å²) < 4.78 is 2.36. The normalized spacial score (nSPS) is 10.8. The van der Waals surface area contributed by atoms with Crippen LogP contribution in [0.4, 0.5) is 0 Å². The molecule has 0 spiro atoms. The Morgan fingerprint density at radius 3 is 2.47 bits per heavy atom. The van der Waals surface area contributed by atoms with Crippen molar-refractivity contribution in [2.75, 3.05) is 5.75 Å². The Hall–Kier alpha value is 0.530. The molecule has 0 heterocycles. The topological polar surface area (TPSA) is 0 Å². The van der Waals surface area contributed by atoms with E-state index in [0.29, 0.717) is 0 Å². The Balaban J connectivity index is 2.15. The molecule has 0 aliphatic rings. The van der Waals surface area contributed by atoms with E-state index in [4.69, 9.17) is 0 Å². The van der Waals surface area contributed by atoms with Crippen LogP contribution in [0.25, 0.3) is 0 Å². The van der Waals surface area contributed by atoms with Crippen LogP contribution in [-0.2, 0) is 0 Å². The maximum Gasteiger partial charge on any atom is 0.0312 e. The SMILES string of the molecule is CCCCCCCCSc1cc(Br)ccc1Br. The highest BCUT2D eigenvalue weighted by atomic mass is 79.9. The zero-order chi connectivity index (χ0) is 12.5. The van der Waals surface area contributed by atoms with E-state index < -0.39 is 0 Å². The lowest BCUT2D eigenvalue weighted by Crippen LogP contribution is -1.83.